The van der Waals surface area contributed by atoms with Crippen LogP contribution in [0.25, 0.3) is 11.1 Å². The highest BCUT2D eigenvalue weighted by atomic mass is 35.5. The average molecular weight is 624 g/mol. The maximum Gasteiger partial charge on any atom is 0.419 e. The predicted molar refractivity (Wildman–Crippen MR) is 148 cm³/mol. The standard InChI is InChI=1S/C27H22ClF4N5O4S/c1-4-26(38)37(25-8-6-17(14-34-25)42(39,40)36-24-9-10-33-15(2)35-24)22-13-20(28)18(12-23(22)41-3)16-5-7-21(29)19(11-16)27(30,31)32/h5-14H,4H2,1-3H3,(H,33,35,36). The van der Waals surface area contributed by atoms with Crippen molar-refractivity contribution in [2.45, 2.75) is 31.3 Å². The molecule has 2 aromatic carbocycles. The Hall–Kier alpha value is -4.30. The zero-order valence-electron chi connectivity index (χ0n) is 22.2. The summed E-state index contributed by atoms with van der Waals surface area (Å²) in [6, 6.07) is 8.96. The van der Waals surface area contributed by atoms with Crippen LogP contribution in [-0.2, 0) is 21.0 Å². The number of aryl methyl sites for hydroxylation is 1. The number of nitrogens with zero attached hydrogens (tertiary/aromatic N) is 4. The first-order valence-corrected chi connectivity index (χ1v) is 14.0. The number of alkyl halides is 3. The Balaban J connectivity index is 1.74. The molecule has 15 heteroatoms. The van der Waals surface area contributed by atoms with E-state index in [4.69, 9.17) is 16.3 Å². The number of anilines is 3. The van der Waals surface area contributed by atoms with Crippen LogP contribution in [0.5, 0.6) is 5.75 Å². The molecule has 0 radical (unpaired) electrons. The number of carbonyl (C=O) groups is 1. The fourth-order valence-electron chi connectivity index (χ4n) is 3.93. The Bertz CT molecular complexity index is 1750. The van der Waals surface area contributed by atoms with Crippen LogP contribution in [-0.4, -0.2) is 36.4 Å². The smallest absolute Gasteiger partial charge is 0.419 e. The van der Waals surface area contributed by atoms with E-state index in [-0.39, 0.29) is 50.5 Å². The molecule has 0 aliphatic rings. The number of nitrogens with one attached hydrogen (secondary N) is 1. The second kappa shape index (κ2) is 11.9. The molecule has 1 amide bonds. The summed E-state index contributed by atoms with van der Waals surface area (Å²) in [6.07, 6.45) is -2.51. The third-order valence-corrected chi connectivity index (χ3v) is 7.57. The summed E-state index contributed by atoms with van der Waals surface area (Å²) in [5, 5.41) is -0.0667. The number of benzene rings is 2. The third-order valence-electron chi connectivity index (χ3n) is 5.92. The van der Waals surface area contributed by atoms with Crippen molar-refractivity contribution in [3.05, 3.63) is 83.2 Å². The van der Waals surface area contributed by atoms with Crippen LogP contribution in [0.2, 0.25) is 5.02 Å². The van der Waals surface area contributed by atoms with Gasteiger partial charge in [0.15, 0.2) is 0 Å². The predicted octanol–water partition coefficient (Wildman–Crippen LogP) is 6.54. The Morgan fingerprint density at radius 3 is 2.43 bits per heavy atom. The monoisotopic (exact) mass is 623 g/mol. The van der Waals surface area contributed by atoms with Gasteiger partial charge in [0.1, 0.15) is 33.9 Å². The van der Waals surface area contributed by atoms with E-state index in [1.54, 1.807) is 13.8 Å². The van der Waals surface area contributed by atoms with Crippen LogP contribution >= 0.6 is 11.6 Å². The normalized spacial score (nSPS) is 11.7. The van der Waals surface area contributed by atoms with E-state index in [9.17, 15) is 30.8 Å². The van der Waals surface area contributed by atoms with Crippen molar-refractivity contribution >= 4 is 44.9 Å². The lowest BCUT2D eigenvalue weighted by Gasteiger charge is -2.25. The maximum atomic E-state index is 13.9. The summed E-state index contributed by atoms with van der Waals surface area (Å²) in [7, 11) is -2.82. The molecule has 4 rings (SSSR count). The van der Waals surface area contributed by atoms with Crippen LogP contribution in [0.1, 0.15) is 24.7 Å². The minimum absolute atomic E-state index is 0.00816. The fourth-order valence-corrected chi connectivity index (χ4v) is 5.14. The molecule has 2 heterocycles. The number of hydrogen-bond donors (Lipinski definition) is 1. The maximum absolute atomic E-state index is 13.9. The molecule has 0 aliphatic carbocycles. The molecule has 42 heavy (non-hydrogen) atoms. The zero-order chi connectivity index (χ0) is 30.8. The van der Waals surface area contributed by atoms with Gasteiger partial charge in [-0.2, -0.15) is 13.2 Å². The van der Waals surface area contributed by atoms with Crippen molar-refractivity contribution in [1.82, 2.24) is 15.0 Å². The summed E-state index contributed by atoms with van der Waals surface area (Å²) in [5.74, 6) is -1.45. The van der Waals surface area contributed by atoms with E-state index in [1.165, 1.54) is 43.6 Å². The van der Waals surface area contributed by atoms with Gasteiger partial charge in [-0.05, 0) is 55.0 Å². The van der Waals surface area contributed by atoms with E-state index in [0.717, 1.165) is 17.2 Å². The van der Waals surface area contributed by atoms with Gasteiger partial charge in [-0.3, -0.25) is 14.4 Å². The van der Waals surface area contributed by atoms with Crippen molar-refractivity contribution < 1.29 is 35.5 Å². The number of sulfonamides is 1. The van der Waals surface area contributed by atoms with Gasteiger partial charge < -0.3 is 4.74 Å². The van der Waals surface area contributed by atoms with Crippen molar-refractivity contribution in [3.63, 3.8) is 0 Å². The van der Waals surface area contributed by atoms with Crippen LogP contribution in [0, 0.1) is 12.7 Å². The molecule has 0 spiro atoms. The Morgan fingerprint density at radius 1 is 1.10 bits per heavy atom. The summed E-state index contributed by atoms with van der Waals surface area (Å²) < 4.78 is 87.3. The van der Waals surface area contributed by atoms with Crippen LogP contribution in [0.15, 0.2) is 65.8 Å². The van der Waals surface area contributed by atoms with Gasteiger partial charge in [-0.1, -0.05) is 24.6 Å². The van der Waals surface area contributed by atoms with Gasteiger partial charge in [-0.25, -0.2) is 27.8 Å². The molecular formula is C27H22ClF4N5O4S. The first-order valence-electron chi connectivity index (χ1n) is 12.1. The first kappa shape index (κ1) is 30.7. The van der Waals surface area contributed by atoms with Gasteiger partial charge in [-0.15, -0.1) is 0 Å². The second-order valence-electron chi connectivity index (χ2n) is 8.73. The number of carbonyl (C=O) groups excluding carboxylic acids is 1. The highest BCUT2D eigenvalue weighted by Gasteiger charge is 2.34. The molecule has 9 nitrogen and oxygen atoms in total. The number of rotatable bonds is 8. The van der Waals surface area contributed by atoms with E-state index >= 15 is 0 Å². The van der Waals surface area contributed by atoms with E-state index in [0.29, 0.717) is 18.0 Å². The molecule has 220 valence electrons. The van der Waals surface area contributed by atoms with Crippen molar-refractivity contribution in [2.75, 3.05) is 16.7 Å². The lowest BCUT2D eigenvalue weighted by Crippen LogP contribution is -2.26. The second-order valence-corrected chi connectivity index (χ2v) is 10.8. The third kappa shape index (κ3) is 6.44. The Labute approximate surface area is 243 Å². The number of methoxy groups -OCH3 is 1. The largest absolute Gasteiger partial charge is 0.495 e. The van der Waals surface area contributed by atoms with E-state index in [2.05, 4.69) is 19.7 Å². The van der Waals surface area contributed by atoms with Gasteiger partial charge in [0.05, 0.1) is 23.4 Å². The Kier molecular flexibility index (Phi) is 8.68. The lowest BCUT2D eigenvalue weighted by atomic mass is 10.0. The molecule has 2 aromatic heterocycles. The fraction of sp³-hybridized carbons (Fsp3) is 0.185. The molecule has 0 saturated carbocycles. The van der Waals surface area contributed by atoms with Crippen molar-refractivity contribution in [2.24, 2.45) is 0 Å². The van der Waals surface area contributed by atoms with E-state index < -0.39 is 33.5 Å². The molecule has 0 aliphatic heterocycles. The van der Waals surface area contributed by atoms with Crippen molar-refractivity contribution in [1.29, 1.82) is 0 Å². The molecule has 0 saturated heterocycles. The van der Waals surface area contributed by atoms with Gasteiger partial charge >= 0.3 is 6.18 Å². The molecule has 1 N–H and O–H groups in total. The quantitative estimate of drug-likeness (QED) is 0.222. The summed E-state index contributed by atoms with van der Waals surface area (Å²) >= 11 is 6.46. The lowest BCUT2D eigenvalue weighted by molar-refractivity contribution is -0.140. The minimum Gasteiger partial charge on any atom is -0.495 e. The van der Waals surface area contributed by atoms with Gasteiger partial charge in [0, 0.05) is 24.4 Å². The minimum atomic E-state index is -4.93. The molecular weight excluding hydrogens is 602 g/mol. The zero-order valence-corrected chi connectivity index (χ0v) is 23.8. The summed E-state index contributed by atoms with van der Waals surface area (Å²) in [4.78, 5) is 26.1. The number of ether oxygens (including phenoxy) is 1. The average Bonchev–Trinajstić information content (AvgIpc) is 2.93. The van der Waals surface area contributed by atoms with Crippen LogP contribution < -0.4 is 14.4 Å². The SMILES string of the molecule is CCC(=O)N(c1ccc(S(=O)(=O)Nc2ccnc(C)n2)cn1)c1cc(Cl)c(-c2ccc(F)c(C(F)(F)F)c2)cc1OC. The number of halogens is 5. The number of pyridine rings is 1. The molecule has 0 atom stereocenters. The molecule has 0 unspecified atom stereocenters. The van der Waals surface area contributed by atoms with Gasteiger partial charge in [0.25, 0.3) is 10.0 Å². The Morgan fingerprint density at radius 2 is 1.83 bits per heavy atom. The highest BCUT2D eigenvalue weighted by molar-refractivity contribution is 7.92. The van der Waals surface area contributed by atoms with Crippen molar-refractivity contribution in [3.8, 4) is 16.9 Å². The molecule has 4 aromatic rings. The summed E-state index contributed by atoms with van der Waals surface area (Å²) in [5.41, 5.74) is -1.32. The molecule has 0 fully saturated rings. The number of amides is 1. The topological polar surface area (TPSA) is 114 Å². The van der Waals surface area contributed by atoms with Crippen LogP contribution in [0.4, 0.5) is 34.9 Å². The first-order chi connectivity index (χ1) is 19.7. The van der Waals surface area contributed by atoms with Crippen LogP contribution in [0.3, 0.4) is 0 Å². The number of hydrogen-bond acceptors (Lipinski definition) is 7. The highest BCUT2D eigenvalue weighted by Crippen LogP contribution is 2.43. The number of aromatic nitrogens is 3. The summed E-state index contributed by atoms with van der Waals surface area (Å²) in [6.45, 7) is 3.18. The van der Waals surface area contributed by atoms with Gasteiger partial charge in [0.2, 0.25) is 5.91 Å². The molecule has 0 bridgehead atoms. The van der Waals surface area contributed by atoms with E-state index in [1.807, 2.05) is 0 Å².